The number of primary amides is 1. The van der Waals surface area contributed by atoms with Gasteiger partial charge in [0.15, 0.2) is 0 Å². The lowest BCUT2D eigenvalue weighted by atomic mass is 9.96. The van der Waals surface area contributed by atoms with Crippen LogP contribution in [0.1, 0.15) is 39.5 Å². The zero-order chi connectivity index (χ0) is 22.6. The number of carbonyl (C=O) groups excluding carboxylic acids is 4. The molecule has 30 heavy (non-hydrogen) atoms. The van der Waals surface area contributed by atoms with Gasteiger partial charge in [-0.1, -0.05) is 0 Å². The summed E-state index contributed by atoms with van der Waals surface area (Å²) >= 11 is 0. The molecule has 2 rings (SSSR count). The third-order valence-corrected chi connectivity index (χ3v) is 6.06. The molecule has 3 amide bonds. The fourth-order valence-electron chi connectivity index (χ4n) is 4.24. The second kappa shape index (κ2) is 9.82. The number of amides is 3. The van der Waals surface area contributed by atoms with Crippen molar-refractivity contribution in [1.29, 1.82) is 0 Å². The monoisotopic (exact) mass is 427 g/mol. The Morgan fingerprint density at radius 1 is 1.20 bits per heavy atom. The summed E-state index contributed by atoms with van der Waals surface area (Å²) < 4.78 is 0. The molecule has 0 saturated carbocycles. The first-order chi connectivity index (χ1) is 14.1. The summed E-state index contributed by atoms with van der Waals surface area (Å²) in [4.78, 5) is 52.4. The van der Waals surface area contributed by atoms with Crippen molar-refractivity contribution >= 4 is 24.0 Å². The third kappa shape index (κ3) is 4.80. The molecule has 2 aliphatic rings. The molecule has 11 heteroatoms. The molecule has 0 spiro atoms. The molecule has 0 radical (unpaired) electrons. The van der Waals surface area contributed by atoms with E-state index in [1.165, 1.54) is 23.6 Å². The summed E-state index contributed by atoms with van der Waals surface area (Å²) in [5, 5.41) is 22.2. The van der Waals surface area contributed by atoms with Crippen molar-refractivity contribution in [2.45, 2.75) is 75.4 Å². The molecule has 2 aliphatic heterocycles. The number of aliphatic hydroxyl groups excluding tert-OH is 2. The average molecular weight is 428 g/mol. The standard InChI is InChI=1S/C19H33N5O6/c1-11(26)14(20)18(30)23-7-3-5-13(23)17(29)24-8-4-6-19(24,10-25)9-22-15(12(2)27)16(21)28/h10-15,22,26-27H,3-9,20H2,1-2H3,(H2,21,28)/t11-,12-,13+,14?,15+,19-/m1/s1. The van der Waals surface area contributed by atoms with Gasteiger partial charge in [-0.2, -0.15) is 0 Å². The average Bonchev–Trinajstić information content (AvgIpc) is 3.33. The molecule has 0 aliphatic carbocycles. The van der Waals surface area contributed by atoms with Gasteiger partial charge in [0.2, 0.25) is 17.7 Å². The Kier molecular flexibility index (Phi) is 7.92. The molecule has 7 N–H and O–H groups in total. The summed E-state index contributed by atoms with van der Waals surface area (Å²) in [7, 11) is 0. The number of nitrogens with two attached hydrogens (primary N) is 2. The highest BCUT2D eigenvalue weighted by Gasteiger charge is 2.48. The minimum absolute atomic E-state index is 0.0470. The van der Waals surface area contributed by atoms with Crippen LogP contribution in [0.3, 0.4) is 0 Å². The van der Waals surface area contributed by atoms with Crippen LogP contribution in [0.25, 0.3) is 0 Å². The molecule has 0 aromatic heterocycles. The van der Waals surface area contributed by atoms with Crippen LogP contribution in [-0.4, -0.2) is 99.5 Å². The van der Waals surface area contributed by atoms with E-state index in [9.17, 15) is 29.4 Å². The smallest absolute Gasteiger partial charge is 0.246 e. The molecular weight excluding hydrogens is 394 g/mol. The number of carbonyl (C=O) groups is 4. The largest absolute Gasteiger partial charge is 0.391 e. The molecule has 2 fully saturated rings. The summed E-state index contributed by atoms with van der Waals surface area (Å²) in [5.41, 5.74) is 9.87. The first-order valence-corrected chi connectivity index (χ1v) is 10.3. The van der Waals surface area contributed by atoms with Crippen molar-refractivity contribution in [3.63, 3.8) is 0 Å². The highest BCUT2D eigenvalue weighted by molar-refractivity contribution is 5.92. The number of hydrogen-bond donors (Lipinski definition) is 5. The Morgan fingerprint density at radius 2 is 1.87 bits per heavy atom. The van der Waals surface area contributed by atoms with Crippen molar-refractivity contribution in [2.75, 3.05) is 19.6 Å². The minimum atomic E-state index is -1.20. The number of aliphatic hydroxyl groups is 2. The molecule has 2 heterocycles. The van der Waals surface area contributed by atoms with Gasteiger partial charge in [-0.05, 0) is 39.5 Å². The van der Waals surface area contributed by atoms with Crippen LogP contribution in [-0.2, 0) is 19.2 Å². The quantitative estimate of drug-likeness (QED) is 0.243. The molecule has 170 valence electrons. The van der Waals surface area contributed by atoms with E-state index in [0.717, 1.165) is 0 Å². The Hall–Kier alpha value is -2.08. The molecule has 0 aromatic rings. The van der Waals surface area contributed by atoms with Crippen LogP contribution in [0, 0.1) is 0 Å². The second-order valence-electron chi connectivity index (χ2n) is 8.27. The van der Waals surface area contributed by atoms with E-state index >= 15 is 0 Å². The number of likely N-dealkylation sites (tertiary alicyclic amines) is 2. The molecule has 0 bridgehead atoms. The van der Waals surface area contributed by atoms with Crippen LogP contribution in [0.15, 0.2) is 0 Å². The lowest BCUT2D eigenvalue weighted by Crippen LogP contribution is -2.62. The normalized spacial score (nSPS) is 28.1. The lowest BCUT2D eigenvalue weighted by Gasteiger charge is -2.38. The fourth-order valence-corrected chi connectivity index (χ4v) is 4.24. The van der Waals surface area contributed by atoms with Gasteiger partial charge in [0.25, 0.3) is 0 Å². The highest BCUT2D eigenvalue weighted by Crippen LogP contribution is 2.31. The first kappa shape index (κ1) is 24.2. The number of hydrogen-bond acceptors (Lipinski definition) is 8. The van der Waals surface area contributed by atoms with Crippen molar-refractivity contribution in [1.82, 2.24) is 15.1 Å². The van der Waals surface area contributed by atoms with Crippen LogP contribution in [0.4, 0.5) is 0 Å². The molecule has 1 unspecified atom stereocenters. The Labute approximate surface area is 175 Å². The number of aldehydes is 1. The van der Waals surface area contributed by atoms with Gasteiger partial charge in [-0.3, -0.25) is 14.4 Å². The predicted molar refractivity (Wildman–Crippen MR) is 107 cm³/mol. The van der Waals surface area contributed by atoms with Gasteiger partial charge >= 0.3 is 0 Å². The Balaban J connectivity index is 2.19. The van der Waals surface area contributed by atoms with E-state index in [0.29, 0.717) is 45.1 Å². The van der Waals surface area contributed by atoms with Gasteiger partial charge in [0, 0.05) is 19.6 Å². The van der Waals surface area contributed by atoms with E-state index in [-0.39, 0.29) is 12.5 Å². The van der Waals surface area contributed by atoms with Gasteiger partial charge in [0.05, 0.1) is 12.2 Å². The number of rotatable bonds is 9. The zero-order valence-corrected chi connectivity index (χ0v) is 17.5. The maximum Gasteiger partial charge on any atom is 0.246 e. The third-order valence-electron chi connectivity index (χ3n) is 6.06. The summed E-state index contributed by atoms with van der Waals surface area (Å²) in [6, 6.07) is -2.95. The maximum absolute atomic E-state index is 13.3. The van der Waals surface area contributed by atoms with Gasteiger partial charge in [-0.15, -0.1) is 0 Å². The maximum atomic E-state index is 13.3. The summed E-state index contributed by atoms with van der Waals surface area (Å²) in [6.45, 7) is 3.45. The second-order valence-corrected chi connectivity index (χ2v) is 8.27. The van der Waals surface area contributed by atoms with Crippen molar-refractivity contribution in [3.05, 3.63) is 0 Å². The minimum Gasteiger partial charge on any atom is -0.391 e. The lowest BCUT2D eigenvalue weighted by molar-refractivity contribution is -0.149. The molecule has 0 aromatic carbocycles. The van der Waals surface area contributed by atoms with E-state index < -0.39 is 47.7 Å². The van der Waals surface area contributed by atoms with E-state index in [1.54, 1.807) is 0 Å². The van der Waals surface area contributed by atoms with Crippen molar-refractivity contribution in [3.8, 4) is 0 Å². The Morgan fingerprint density at radius 3 is 2.40 bits per heavy atom. The van der Waals surface area contributed by atoms with Gasteiger partial charge < -0.3 is 41.6 Å². The van der Waals surface area contributed by atoms with Crippen LogP contribution in [0.5, 0.6) is 0 Å². The number of nitrogens with one attached hydrogen (secondary N) is 1. The van der Waals surface area contributed by atoms with Crippen molar-refractivity contribution in [2.24, 2.45) is 11.5 Å². The van der Waals surface area contributed by atoms with Crippen LogP contribution >= 0.6 is 0 Å². The van der Waals surface area contributed by atoms with Crippen LogP contribution < -0.4 is 16.8 Å². The molecule has 11 nitrogen and oxygen atoms in total. The summed E-state index contributed by atoms with van der Waals surface area (Å²) in [6.07, 6.45) is 0.568. The van der Waals surface area contributed by atoms with E-state index in [1.807, 2.05) is 0 Å². The van der Waals surface area contributed by atoms with Crippen molar-refractivity contribution < 1.29 is 29.4 Å². The van der Waals surface area contributed by atoms with Crippen LogP contribution in [0.2, 0.25) is 0 Å². The number of nitrogens with zero attached hydrogens (tertiary/aromatic N) is 2. The SMILES string of the molecule is C[C@@H](O)C(N)C(=O)N1CCC[C@H]1C(=O)N1CCC[C@]1(C=O)CN[C@H](C(N)=O)[C@@H](C)O. The van der Waals surface area contributed by atoms with Gasteiger partial charge in [-0.25, -0.2) is 0 Å². The highest BCUT2D eigenvalue weighted by atomic mass is 16.3. The Bertz CT molecular complexity index is 672. The molecule has 6 atom stereocenters. The fraction of sp³-hybridized carbons (Fsp3) is 0.789. The first-order valence-electron chi connectivity index (χ1n) is 10.3. The van der Waals surface area contributed by atoms with E-state index in [4.69, 9.17) is 11.5 Å². The zero-order valence-electron chi connectivity index (χ0n) is 17.5. The molecule has 2 saturated heterocycles. The van der Waals surface area contributed by atoms with Gasteiger partial charge in [0.1, 0.15) is 30.0 Å². The summed E-state index contributed by atoms with van der Waals surface area (Å²) in [5.74, 6) is -1.63. The molecular formula is C19H33N5O6. The van der Waals surface area contributed by atoms with E-state index in [2.05, 4.69) is 5.32 Å². The predicted octanol–water partition coefficient (Wildman–Crippen LogP) is -2.93. The topological polar surface area (TPSA) is 179 Å².